The highest BCUT2D eigenvalue weighted by Gasteiger charge is 2.38. The first-order valence-corrected chi connectivity index (χ1v) is 12.6. The third kappa shape index (κ3) is 5.44. The average molecular weight is 561 g/mol. The molecule has 2 amide bonds. The van der Waals surface area contributed by atoms with Gasteiger partial charge in [-0.2, -0.15) is 0 Å². The van der Waals surface area contributed by atoms with Crippen molar-refractivity contribution in [3.8, 4) is 0 Å². The minimum atomic E-state index is -0.505. The van der Waals surface area contributed by atoms with Crippen LogP contribution in [0.1, 0.15) is 40.0 Å². The molecule has 0 radical (unpaired) electrons. The van der Waals surface area contributed by atoms with Crippen molar-refractivity contribution in [2.45, 2.75) is 31.4 Å². The molecule has 1 aromatic carbocycles. The number of carbonyl (C=O) groups excluding carboxylic acids is 2. The quantitative estimate of drug-likeness (QED) is 0.389. The number of carbonyl (C=O) groups is 2. The van der Waals surface area contributed by atoms with E-state index in [0.29, 0.717) is 28.8 Å². The van der Waals surface area contributed by atoms with Gasteiger partial charge in [-0.15, -0.1) is 0 Å². The summed E-state index contributed by atoms with van der Waals surface area (Å²) < 4.78 is 6.09. The minimum Gasteiger partial charge on any atom is -0.387 e. The monoisotopic (exact) mass is 560 g/mol. The molecule has 3 heterocycles. The number of halogens is 1. The first-order valence-electron chi connectivity index (χ1n) is 11.8. The Morgan fingerprint density at radius 3 is 2.53 bits per heavy atom. The molecule has 2 N–H and O–H groups in total. The highest BCUT2D eigenvalue weighted by molar-refractivity contribution is 9.10. The number of likely N-dealkylation sites (tertiary alicyclic amines) is 2. The Bertz CT molecular complexity index is 1160. The van der Waals surface area contributed by atoms with Gasteiger partial charge in [-0.05, 0) is 31.4 Å². The van der Waals surface area contributed by atoms with Crippen molar-refractivity contribution in [2.24, 2.45) is 0 Å². The fraction of sp³-hybridized carbons (Fsp3) is 0.458. The smallest absolute Gasteiger partial charge is 0.294 e. The summed E-state index contributed by atoms with van der Waals surface area (Å²) in [6, 6.07) is 4.24. The highest BCUT2D eigenvalue weighted by Crippen LogP contribution is 2.35. The van der Waals surface area contributed by atoms with Gasteiger partial charge in [-0.3, -0.25) is 24.7 Å². The van der Waals surface area contributed by atoms with Gasteiger partial charge in [0.25, 0.3) is 17.5 Å². The molecular formula is C24H29BrN6O5. The molecule has 2 aliphatic heterocycles. The summed E-state index contributed by atoms with van der Waals surface area (Å²) in [5, 5.41) is 18.2. The van der Waals surface area contributed by atoms with E-state index in [-0.39, 0.29) is 41.8 Å². The molecule has 2 aromatic rings. The number of pyridine rings is 1. The van der Waals surface area contributed by atoms with Gasteiger partial charge < -0.3 is 25.2 Å². The predicted octanol–water partition coefficient (Wildman–Crippen LogP) is 3.37. The van der Waals surface area contributed by atoms with Crippen molar-refractivity contribution < 1.29 is 19.2 Å². The minimum absolute atomic E-state index is 0.138. The SMILES string of the molecule is CNc1cncc(C(=O)N2C[C@H](Nc3c(C(=O)N4CCCCC4)cc(Br)cc3[N+](=O)[O-])[C@H](OC)C2)c1. The van der Waals surface area contributed by atoms with Gasteiger partial charge in [0.1, 0.15) is 5.69 Å². The zero-order valence-electron chi connectivity index (χ0n) is 20.2. The lowest BCUT2D eigenvalue weighted by Gasteiger charge is -2.28. The Balaban J connectivity index is 1.63. The molecule has 1 aromatic heterocycles. The Morgan fingerprint density at radius 1 is 1.11 bits per heavy atom. The second-order valence-corrected chi connectivity index (χ2v) is 9.82. The number of methoxy groups -OCH3 is 1. The summed E-state index contributed by atoms with van der Waals surface area (Å²) in [6.45, 7) is 1.76. The number of hydrogen-bond acceptors (Lipinski definition) is 8. The van der Waals surface area contributed by atoms with Gasteiger partial charge in [0.15, 0.2) is 0 Å². The molecule has 11 nitrogen and oxygen atoms in total. The number of aromatic nitrogens is 1. The van der Waals surface area contributed by atoms with Crippen LogP contribution < -0.4 is 10.6 Å². The van der Waals surface area contributed by atoms with Gasteiger partial charge in [0.2, 0.25) is 0 Å². The van der Waals surface area contributed by atoms with E-state index < -0.39 is 17.1 Å². The lowest BCUT2D eigenvalue weighted by atomic mass is 10.1. The van der Waals surface area contributed by atoms with Crippen LogP contribution in [0.5, 0.6) is 0 Å². The van der Waals surface area contributed by atoms with Crippen molar-refractivity contribution in [2.75, 3.05) is 51.0 Å². The molecule has 0 spiro atoms. The van der Waals surface area contributed by atoms with Crippen LogP contribution in [0.25, 0.3) is 0 Å². The van der Waals surface area contributed by atoms with Crippen molar-refractivity contribution >= 4 is 44.8 Å². The van der Waals surface area contributed by atoms with Crippen LogP contribution in [-0.2, 0) is 4.74 Å². The van der Waals surface area contributed by atoms with Crippen LogP contribution in [0, 0.1) is 10.1 Å². The van der Waals surface area contributed by atoms with Gasteiger partial charge in [-0.1, -0.05) is 15.9 Å². The van der Waals surface area contributed by atoms with Crippen LogP contribution >= 0.6 is 15.9 Å². The topological polar surface area (TPSA) is 130 Å². The molecule has 2 fully saturated rings. The zero-order chi connectivity index (χ0) is 25.8. The lowest BCUT2D eigenvalue weighted by molar-refractivity contribution is -0.384. The maximum absolute atomic E-state index is 13.4. The second-order valence-electron chi connectivity index (χ2n) is 8.90. The maximum Gasteiger partial charge on any atom is 0.294 e. The maximum atomic E-state index is 13.4. The number of piperidine rings is 1. The molecule has 192 valence electrons. The van der Waals surface area contributed by atoms with E-state index >= 15 is 0 Å². The summed E-state index contributed by atoms with van der Waals surface area (Å²) in [6.07, 6.45) is 5.55. The predicted molar refractivity (Wildman–Crippen MR) is 138 cm³/mol. The van der Waals surface area contributed by atoms with E-state index in [9.17, 15) is 19.7 Å². The number of nitro groups is 1. The standard InChI is InChI=1S/C24H29BrN6O5/c1-26-17-8-15(11-27-12-17)23(32)30-13-19(21(14-30)36-2)28-22-18(9-16(25)10-20(22)31(34)35)24(33)29-6-4-3-5-7-29/h8-12,19,21,26,28H,3-7,13-14H2,1-2H3/t19-,21+/m0/s1. The summed E-state index contributed by atoms with van der Waals surface area (Å²) in [5.41, 5.74) is 1.29. The molecule has 36 heavy (non-hydrogen) atoms. The molecule has 2 aliphatic rings. The third-order valence-electron chi connectivity index (χ3n) is 6.61. The number of hydrogen-bond donors (Lipinski definition) is 2. The number of benzene rings is 1. The number of nitro benzene ring substituents is 1. The Morgan fingerprint density at radius 2 is 1.86 bits per heavy atom. The van der Waals surface area contributed by atoms with E-state index in [1.54, 1.807) is 35.2 Å². The average Bonchev–Trinajstić information content (AvgIpc) is 3.31. The fourth-order valence-electron chi connectivity index (χ4n) is 4.70. The Kier molecular flexibility index (Phi) is 8.04. The van der Waals surface area contributed by atoms with Gasteiger partial charge >= 0.3 is 0 Å². The van der Waals surface area contributed by atoms with E-state index in [1.165, 1.54) is 19.4 Å². The molecule has 2 atom stereocenters. The summed E-state index contributed by atoms with van der Waals surface area (Å²) in [4.78, 5) is 45.5. The molecule has 0 bridgehead atoms. The van der Waals surface area contributed by atoms with Crippen LogP contribution in [0.15, 0.2) is 35.1 Å². The molecule has 4 rings (SSSR count). The number of rotatable bonds is 7. The van der Waals surface area contributed by atoms with Crippen LogP contribution in [0.4, 0.5) is 17.1 Å². The molecular weight excluding hydrogens is 532 g/mol. The molecule has 12 heteroatoms. The number of ether oxygens (including phenoxy) is 1. The van der Waals surface area contributed by atoms with Crippen molar-refractivity contribution in [3.05, 3.63) is 56.3 Å². The van der Waals surface area contributed by atoms with Gasteiger partial charge in [-0.25, -0.2) is 0 Å². The Labute approximate surface area is 217 Å². The first kappa shape index (κ1) is 25.8. The number of nitrogens with one attached hydrogen (secondary N) is 2. The summed E-state index contributed by atoms with van der Waals surface area (Å²) >= 11 is 3.32. The number of amides is 2. The molecule has 0 saturated carbocycles. The summed E-state index contributed by atoms with van der Waals surface area (Å²) in [5.74, 6) is -0.475. The van der Waals surface area contributed by atoms with E-state index in [1.807, 2.05) is 0 Å². The van der Waals surface area contributed by atoms with Gasteiger partial charge in [0, 0.05) is 63.3 Å². The highest BCUT2D eigenvalue weighted by atomic mass is 79.9. The Hall–Kier alpha value is -3.25. The normalized spacial score (nSPS) is 19.8. The number of anilines is 2. The lowest BCUT2D eigenvalue weighted by Crippen LogP contribution is -2.38. The summed E-state index contributed by atoms with van der Waals surface area (Å²) in [7, 11) is 3.28. The third-order valence-corrected chi connectivity index (χ3v) is 7.07. The zero-order valence-corrected chi connectivity index (χ0v) is 21.8. The van der Waals surface area contributed by atoms with Crippen molar-refractivity contribution in [3.63, 3.8) is 0 Å². The van der Waals surface area contributed by atoms with Crippen molar-refractivity contribution in [1.29, 1.82) is 0 Å². The van der Waals surface area contributed by atoms with E-state index in [4.69, 9.17) is 4.74 Å². The molecule has 2 saturated heterocycles. The van der Waals surface area contributed by atoms with Crippen LogP contribution in [0.3, 0.4) is 0 Å². The van der Waals surface area contributed by atoms with E-state index in [0.717, 1.165) is 19.3 Å². The number of nitrogens with zero attached hydrogens (tertiary/aromatic N) is 4. The largest absolute Gasteiger partial charge is 0.387 e. The van der Waals surface area contributed by atoms with Gasteiger partial charge in [0.05, 0.1) is 33.9 Å². The van der Waals surface area contributed by atoms with E-state index in [2.05, 4.69) is 31.5 Å². The molecule has 0 aliphatic carbocycles. The second kappa shape index (κ2) is 11.2. The van der Waals surface area contributed by atoms with Crippen LogP contribution in [-0.4, -0.2) is 84.0 Å². The first-order chi connectivity index (χ1) is 17.3. The van der Waals surface area contributed by atoms with Crippen molar-refractivity contribution in [1.82, 2.24) is 14.8 Å². The fourth-order valence-corrected chi connectivity index (χ4v) is 5.15. The molecule has 0 unspecified atom stereocenters. The van der Waals surface area contributed by atoms with Crippen LogP contribution in [0.2, 0.25) is 0 Å².